The summed E-state index contributed by atoms with van der Waals surface area (Å²) in [6.45, 7) is 0.693. The lowest BCUT2D eigenvalue weighted by Crippen LogP contribution is -2.32. The van der Waals surface area contributed by atoms with E-state index in [0.29, 0.717) is 25.3 Å². The maximum absolute atomic E-state index is 11.7. The fourth-order valence-electron chi connectivity index (χ4n) is 2.49. The smallest absolute Gasteiger partial charge is 0.319 e. The summed E-state index contributed by atoms with van der Waals surface area (Å²) in [6.07, 6.45) is 0.490. The van der Waals surface area contributed by atoms with Gasteiger partial charge in [0.15, 0.2) is 0 Å². The van der Waals surface area contributed by atoms with E-state index in [2.05, 4.69) is 16.0 Å². The molecular formula is C19H19N3O4S. The number of urea groups is 1. The zero-order valence-corrected chi connectivity index (χ0v) is 15.3. The predicted molar refractivity (Wildman–Crippen MR) is 104 cm³/mol. The number of hydrogen-bond donors (Lipinski definition) is 3. The SMILES string of the molecule is O=C(NCCOc1ccc(C[C@H]2SC(=O)NC2=O)cc1)Nc1ccccc1. The number of hydrogen-bond acceptors (Lipinski definition) is 5. The van der Waals surface area contributed by atoms with Gasteiger partial charge < -0.3 is 15.4 Å². The van der Waals surface area contributed by atoms with Crippen molar-refractivity contribution in [2.45, 2.75) is 11.7 Å². The molecule has 7 nitrogen and oxygen atoms in total. The Kier molecular flexibility index (Phi) is 6.32. The van der Waals surface area contributed by atoms with E-state index in [9.17, 15) is 14.4 Å². The molecule has 0 unspecified atom stereocenters. The van der Waals surface area contributed by atoms with E-state index in [4.69, 9.17) is 4.74 Å². The fourth-order valence-corrected chi connectivity index (χ4v) is 3.35. The van der Waals surface area contributed by atoms with Crippen LogP contribution in [0.5, 0.6) is 5.75 Å². The molecular weight excluding hydrogens is 366 g/mol. The summed E-state index contributed by atoms with van der Waals surface area (Å²) in [5.41, 5.74) is 1.67. The lowest BCUT2D eigenvalue weighted by atomic mass is 10.1. The average molecular weight is 385 g/mol. The molecule has 1 aliphatic heterocycles. The Morgan fingerprint density at radius 3 is 2.48 bits per heavy atom. The van der Waals surface area contributed by atoms with Crippen molar-refractivity contribution in [3.05, 3.63) is 60.2 Å². The lowest BCUT2D eigenvalue weighted by molar-refractivity contribution is -0.118. The van der Waals surface area contributed by atoms with Crippen LogP contribution < -0.4 is 20.7 Å². The number of amides is 4. The number of ether oxygens (including phenoxy) is 1. The van der Waals surface area contributed by atoms with Gasteiger partial charge in [-0.15, -0.1) is 0 Å². The first-order valence-corrected chi connectivity index (χ1v) is 9.31. The highest BCUT2D eigenvalue weighted by molar-refractivity contribution is 8.15. The van der Waals surface area contributed by atoms with Crippen LogP contribution in [0.3, 0.4) is 0 Å². The second-order valence-corrected chi connectivity index (χ2v) is 7.00. The summed E-state index contributed by atoms with van der Waals surface area (Å²) in [6, 6.07) is 16.2. The first-order chi connectivity index (χ1) is 13.1. The van der Waals surface area contributed by atoms with Gasteiger partial charge in [-0.25, -0.2) is 4.79 Å². The summed E-state index contributed by atoms with van der Waals surface area (Å²) in [5, 5.41) is 7.04. The normalized spacial score (nSPS) is 15.9. The summed E-state index contributed by atoms with van der Waals surface area (Å²) in [7, 11) is 0. The Morgan fingerprint density at radius 2 is 1.81 bits per heavy atom. The third kappa shape index (κ3) is 5.75. The summed E-state index contributed by atoms with van der Waals surface area (Å²) < 4.78 is 5.59. The number of imide groups is 1. The van der Waals surface area contributed by atoms with Gasteiger partial charge >= 0.3 is 6.03 Å². The van der Waals surface area contributed by atoms with Crippen LogP contribution in [0, 0.1) is 0 Å². The van der Waals surface area contributed by atoms with Gasteiger partial charge in [0.25, 0.3) is 5.24 Å². The summed E-state index contributed by atoms with van der Waals surface area (Å²) in [5.74, 6) is 0.425. The number of nitrogens with one attached hydrogen (secondary N) is 3. The van der Waals surface area contributed by atoms with Gasteiger partial charge in [0.1, 0.15) is 12.4 Å². The number of carbonyl (C=O) groups excluding carboxylic acids is 3. The molecule has 1 fully saturated rings. The zero-order chi connectivity index (χ0) is 19.1. The molecule has 0 bridgehead atoms. The minimum Gasteiger partial charge on any atom is -0.492 e. The third-order valence-electron chi connectivity index (χ3n) is 3.80. The van der Waals surface area contributed by atoms with E-state index in [1.165, 1.54) is 0 Å². The van der Waals surface area contributed by atoms with Crippen molar-refractivity contribution in [3.8, 4) is 5.75 Å². The van der Waals surface area contributed by atoms with Gasteiger partial charge in [-0.2, -0.15) is 0 Å². The van der Waals surface area contributed by atoms with Crippen molar-refractivity contribution in [1.82, 2.24) is 10.6 Å². The van der Waals surface area contributed by atoms with Gasteiger partial charge in [0.05, 0.1) is 11.8 Å². The van der Waals surface area contributed by atoms with Crippen LogP contribution in [0.4, 0.5) is 15.3 Å². The Balaban J connectivity index is 1.37. The minimum absolute atomic E-state index is 0.245. The molecule has 0 aromatic heterocycles. The number of para-hydroxylation sites is 1. The van der Waals surface area contributed by atoms with E-state index in [0.717, 1.165) is 23.0 Å². The Morgan fingerprint density at radius 1 is 1.07 bits per heavy atom. The van der Waals surface area contributed by atoms with Gasteiger partial charge in [-0.05, 0) is 36.2 Å². The highest BCUT2D eigenvalue weighted by Crippen LogP contribution is 2.23. The molecule has 1 heterocycles. The maximum atomic E-state index is 11.7. The van der Waals surface area contributed by atoms with E-state index < -0.39 is 0 Å². The molecule has 27 heavy (non-hydrogen) atoms. The number of anilines is 1. The summed E-state index contributed by atoms with van der Waals surface area (Å²) in [4.78, 5) is 34.5. The Labute approximate surface area is 160 Å². The second-order valence-electron chi connectivity index (χ2n) is 5.83. The van der Waals surface area contributed by atoms with Crippen LogP contribution in [-0.2, 0) is 11.2 Å². The van der Waals surface area contributed by atoms with Crippen molar-refractivity contribution in [2.24, 2.45) is 0 Å². The molecule has 0 radical (unpaired) electrons. The molecule has 4 amide bonds. The first kappa shape index (κ1) is 18.8. The van der Waals surface area contributed by atoms with Crippen LogP contribution in [0.1, 0.15) is 5.56 Å². The number of rotatable bonds is 7. The van der Waals surface area contributed by atoms with Gasteiger partial charge in [-0.3, -0.25) is 14.9 Å². The standard InChI is InChI=1S/C19H19N3O4S/c23-17-16(27-19(25)22-17)12-13-6-8-15(9-7-13)26-11-10-20-18(24)21-14-4-2-1-3-5-14/h1-9,16H,10-12H2,(H2,20,21,24)(H,22,23,25)/t16-/m1/s1. The molecule has 0 spiro atoms. The fraction of sp³-hybridized carbons (Fsp3) is 0.211. The molecule has 1 saturated heterocycles. The molecule has 3 rings (SSSR count). The molecule has 2 aromatic rings. The Bertz CT molecular complexity index is 811. The van der Waals surface area contributed by atoms with Crippen LogP contribution in [0.15, 0.2) is 54.6 Å². The van der Waals surface area contributed by atoms with Crippen LogP contribution in [0.2, 0.25) is 0 Å². The van der Waals surface area contributed by atoms with Crippen molar-refractivity contribution < 1.29 is 19.1 Å². The minimum atomic E-state index is -0.378. The van der Waals surface area contributed by atoms with Crippen LogP contribution in [-0.4, -0.2) is 35.6 Å². The van der Waals surface area contributed by atoms with Crippen LogP contribution >= 0.6 is 11.8 Å². The van der Waals surface area contributed by atoms with Crippen molar-refractivity contribution in [2.75, 3.05) is 18.5 Å². The molecule has 1 atom stereocenters. The molecule has 2 aromatic carbocycles. The average Bonchev–Trinajstić information content (AvgIpc) is 2.98. The number of thioether (sulfide) groups is 1. The van der Waals surface area contributed by atoms with Crippen molar-refractivity contribution in [1.29, 1.82) is 0 Å². The highest BCUT2D eigenvalue weighted by Gasteiger charge is 2.31. The highest BCUT2D eigenvalue weighted by atomic mass is 32.2. The van der Waals surface area contributed by atoms with E-state index in [-0.39, 0.29) is 22.4 Å². The van der Waals surface area contributed by atoms with E-state index in [1.54, 1.807) is 24.3 Å². The van der Waals surface area contributed by atoms with Crippen molar-refractivity contribution in [3.63, 3.8) is 0 Å². The van der Waals surface area contributed by atoms with E-state index in [1.807, 2.05) is 30.3 Å². The van der Waals surface area contributed by atoms with Gasteiger partial charge in [0, 0.05) is 5.69 Å². The van der Waals surface area contributed by atoms with Crippen LogP contribution in [0.25, 0.3) is 0 Å². The second kappa shape index (κ2) is 9.09. The monoisotopic (exact) mass is 385 g/mol. The van der Waals surface area contributed by atoms with Gasteiger partial charge in [-0.1, -0.05) is 42.1 Å². The number of carbonyl (C=O) groups is 3. The number of benzene rings is 2. The van der Waals surface area contributed by atoms with Gasteiger partial charge in [0.2, 0.25) is 5.91 Å². The molecule has 140 valence electrons. The van der Waals surface area contributed by atoms with E-state index >= 15 is 0 Å². The molecule has 1 aliphatic rings. The zero-order valence-electron chi connectivity index (χ0n) is 14.4. The largest absolute Gasteiger partial charge is 0.492 e. The topological polar surface area (TPSA) is 96.5 Å². The predicted octanol–water partition coefficient (Wildman–Crippen LogP) is 2.78. The molecule has 3 N–H and O–H groups in total. The molecule has 0 aliphatic carbocycles. The quantitative estimate of drug-likeness (QED) is 0.637. The summed E-state index contributed by atoms with van der Waals surface area (Å²) >= 11 is 1.02. The molecule has 8 heteroatoms. The molecule has 0 saturated carbocycles. The lowest BCUT2D eigenvalue weighted by Gasteiger charge is -2.10. The Hall–Kier alpha value is -3.00. The maximum Gasteiger partial charge on any atom is 0.319 e. The van der Waals surface area contributed by atoms with Crippen molar-refractivity contribution >= 4 is 34.6 Å². The first-order valence-electron chi connectivity index (χ1n) is 8.43. The third-order valence-corrected chi connectivity index (χ3v) is 4.78.